The van der Waals surface area contributed by atoms with Gasteiger partial charge in [0.1, 0.15) is 6.04 Å². The van der Waals surface area contributed by atoms with E-state index in [-0.39, 0.29) is 23.5 Å². The third-order valence-electron chi connectivity index (χ3n) is 5.37. The van der Waals surface area contributed by atoms with Crippen molar-refractivity contribution in [2.45, 2.75) is 32.9 Å². The molecule has 0 aliphatic carbocycles. The van der Waals surface area contributed by atoms with Gasteiger partial charge in [-0.1, -0.05) is 54.1 Å². The summed E-state index contributed by atoms with van der Waals surface area (Å²) >= 11 is 0. The van der Waals surface area contributed by atoms with Crippen molar-refractivity contribution in [2.75, 3.05) is 24.6 Å². The van der Waals surface area contributed by atoms with E-state index in [1.54, 1.807) is 0 Å². The van der Waals surface area contributed by atoms with E-state index in [4.69, 9.17) is 0 Å². The molecule has 2 aromatic rings. The second kappa shape index (κ2) is 8.45. The number of carbonyl (C=O) groups is 1. The van der Waals surface area contributed by atoms with Gasteiger partial charge in [0.2, 0.25) is 5.91 Å². The molecular formula is C22H28N2O3S. The quantitative estimate of drug-likeness (QED) is 0.838. The number of amides is 1. The fraction of sp³-hybridized carbons (Fsp3) is 0.409. The van der Waals surface area contributed by atoms with Gasteiger partial charge >= 0.3 is 0 Å². The second-order valence-corrected chi connectivity index (χ2v) is 9.89. The fourth-order valence-corrected chi connectivity index (χ4v) is 4.97. The maximum atomic E-state index is 13.3. The van der Waals surface area contributed by atoms with Crippen LogP contribution in [0.15, 0.2) is 48.5 Å². The van der Waals surface area contributed by atoms with Crippen molar-refractivity contribution in [3.8, 4) is 0 Å². The van der Waals surface area contributed by atoms with Crippen LogP contribution < -0.4 is 5.32 Å². The number of rotatable bonds is 5. The van der Waals surface area contributed by atoms with Crippen LogP contribution in [0.25, 0.3) is 0 Å². The molecule has 1 aliphatic heterocycles. The molecule has 6 heteroatoms. The molecule has 1 aliphatic rings. The fourth-order valence-electron chi connectivity index (χ4n) is 3.74. The molecule has 3 rings (SSSR count). The molecule has 0 bridgehead atoms. The summed E-state index contributed by atoms with van der Waals surface area (Å²) in [6, 6.07) is 15.2. The van der Waals surface area contributed by atoms with Crippen molar-refractivity contribution in [2.24, 2.45) is 0 Å². The van der Waals surface area contributed by atoms with E-state index in [1.807, 2.05) is 56.0 Å². The average molecular weight is 401 g/mol. The zero-order valence-corrected chi connectivity index (χ0v) is 17.5. The lowest BCUT2D eigenvalue weighted by atomic mass is 9.98. The summed E-state index contributed by atoms with van der Waals surface area (Å²) < 4.78 is 23.7. The first-order valence-corrected chi connectivity index (χ1v) is 11.5. The summed E-state index contributed by atoms with van der Waals surface area (Å²) in [6.45, 7) is 6.81. The van der Waals surface area contributed by atoms with Gasteiger partial charge in [0.15, 0.2) is 9.84 Å². The van der Waals surface area contributed by atoms with Crippen LogP contribution in [0, 0.1) is 13.8 Å². The highest BCUT2D eigenvalue weighted by Crippen LogP contribution is 2.25. The third kappa shape index (κ3) is 4.80. The van der Waals surface area contributed by atoms with E-state index in [0.29, 0.717) is 13.1 Å². The Hall–Kier alpha value is -2.18. The molecule has 0 spiro atoms. The number of hydrogen-bond donors (Lipinski definition) is 1. The number of benzene rings is 2. The van der Waals surface area contributed by atoms with Gasteiger partial charge in [0.25, 0.3) is 0 Å². The van der Waals surface area contributed by atoms with E-state index < -0.39 is 15.9 Å². The van der Waals surface area contributed by atoms with Crippen LogP contribution in [0.1, 0.15) is 41.3 Å². The lowest BCUT2D eigenvalue weighted by Crippen LogP contribution is -2.48. The smallest absolute Gasteiger partial charge is 0.242 e. The lowest BCUT2D eigenvalue weighted by molar-refractivity contribution is -0.127. The molecule has 150 valence electrons. The Labute approximate surface area is 167 Å². The minimum absolute atomic E-state index is 0.0934. The number of carbonyl (C=O) groups excluding carboxylic acids is 1. The molecule has 1 saturated heterocycles. The van der Waals surface area contributed by atoms with Crippen LogP contribution in [0.5, 0.6) is 0 Å². The zero-order chi connectivity index (χ0) is 20.3. The zero-order valence-electron chi connectivity index (χ0n) is 16.7. The molecule has 2 unspecified atom stereocenters. The standard InChI is InChI=1S/C22H28N2O3S/c1-16-9-10-17(2)20(15-16)18(3)23-22(25)21(19-7-5-4-6-8-19)24-11-13-28(26,27)14-12-24/h4-10,15,18,21H,11-14H2,1-3H3,(H,23,25). The van der Waals surface area contributed by atoms with Crippen LogP contribution in [-0.2, 0) is 14.6 Å². The Balaban J connectivity index is 1.84. The lowest BCUT2D eigenvalue weighted by Gasteiger charge is -2.34. The van der Waals surface area contributed by atoms with Crippen LogP contribution >= 0.6 is 0 Å². The van der Waals surface area contributed by atoms with Crippen molar-refractivity contribution >= 4 is 15.7 Å². The molecule has 0 radical (unpaired) electrons. The normalized spacial score (nSPS) is 19.0. The summed E-state index contributed by atoms with van der Waals surface area (Å²) in [5.74, 6) is 0.0886. The van der Waals surface area contributed by atoms with E-state index in [9.17, 15) is 13.2 Å². The van der Waals surface area contributed by atoms with Gasteiger partial charge in [-0.3, -0.25) is 9.69 Å². The highest BCUT2D eigenvalue weighted by molar-refractivity contribution is 7.91. The van der Waals surface area contributed by atoms with Gasteiger partial charge in [-0.15, -0.1) is 0 Å². The van der Waals surface area contributed by atoms with Gasteiger partial charge in [-0.25, -0.2) is 8.42 Å². The topological polar surface area (TPSA) is 66.5 Å². The van der Waals surface area contributed by atoms with Crippen molar-refractivity contribution in [3.05, 3.63) is 70.8 Å². The second-order valence-electron chi connectivity index (χ2n) is 7.59. The minimum atomic E-state index is -3.01. The van der Waals surface area contributed by atoms with E-state index in [2.05, 4.69) is 23.5 Å². The monoisotopic (exact) mass is 400 g/mol. The van der Waals surface area contributed by atoms with Gasteiger partial charge < -0.3 is 5.32 Å². The molecule has 2 aromatic carbocycles. The Kier molecular flexibility index (Phi) is 6.20. The van der Waals surface area contributed by atoms with E-state index in [1.165, 1.54) is 0 Å². The Morgan fingerprint density at radius 3 is 2.32 bits per heavy atom. The highest BCUT2D eigenvalue weighted by Gasteiger charge is 2.33. The summed E-state index contributed by atoms with van der Waals surface area (Å²) in [5.41, 5.74) is 4.27. The van der Waals surface area contributed by atoms with Crippen LogP contribution in [0.3, 0.4) is 0 Å². The number of nitrogens with one attached hydrogen (secondary N) is 1. The average Bonchev–Trinajstić information content (AvgIpc) is 2.66. The number of hydrogen-bond acceptors (Lipinski definition) is 4. The van der Waals surface area contributed by atoms with Crippen LogP contribution in [-0.4, -0.2) is 43.8 Å². The molecule has 1 N–H and O–H groups in total. The first-order valence-electron chi connectivity index (χ1n) is 9.64. The summed E-state index contributed by atoms with van der Waals surface area (Å²) in [7, 11) is -3.01. The minimum Gasteiger partial charge on any atom is -0.348 e. The molecule has 1 fully saturated rings. The van der Waals surface area contributed by atoms with Gasteiger partial charge in [0.05, 0.1) is 17.5 Å². The largest absolute Gasteiger partial charge is 0.348 e. The Bertz CT molecular complexity index is 928. The van der Waals surface area contributed by atoms with Gasteiger partial charge in [-0.05, 0) is 37.5 Å². The summed E-state index contributed by atoms with van der Waals surface area (Å²) in [4.78, 5) is 15.3. The van der Waals surface area contributed by atoms with E-state index in [0.717, 1.165) is 22.3 Å². The van der Waals surface area contributed by atoms with E-state index >= 15 is 0 Å². The first kappa shape index (κ1) is 20.6. The summed E-state index contributed by atoms with van der Waals surface area (Å²) in [6.07, 6.45) is 0. The van der Waals surface area contributed by atoms with Gasteiger partial charge in [-0.2, -0.15) is 0 Å². The van der Waals surface area contributed by atoms with Crippen LogP contribution in [0.2, 0.25) is 0 Å². The molecule has 1 amide bonds. The molecule has 28 heavy (non-hydrogen) atoms. The van der Waals surface area contributed by atoms with Crippen molar-refractivity contribution < 1.29 is 13.2 Å². The molecule has 0 aromatic heterocycles. The van der Waals surface area contributed by atoms with Gasteiger partial charge in [0, 0.05) is 13.1 Å². The highest BCUT2D eigenvalue weighted by atomic mass is 32.2. The molecule has 0 saturated carbocycles. The molecule has 2 atom stereocenters. The maximum Gasteiger partial charge on any atom is 0.242 e. The predicted octanol–water partition coefficient (Wildman–Crippen LogP) is 2.95. The number of aryl methyl sites for hydroxylation is 2. The van der Waals surface area contributed by atoms with Crippen molar-refractivity contribution in [3.63, 3.8) is 0 Å². The molecular weight excluding hydrogens is 372 g/mol. The van der Waals surface area contributed by atoms with Crippen molar-refractivity contribution in [1.82, 2.24) is 10.2 Å². The van der Waals surface area contributed by atoms with Crippen LogP contribution in [0.4, 0.5) is 0 Å². The Morgan fingerprint density at radius 2 is 1.68 bits per heavy atom. The number of nitrogens with zero attached hydrogens (tertiary/aromatic N) is 1. The molecule has 5 nitrogen and oxygen atoms in total. The number of sulfone groups is 1. The SMILES string of the molecule is Cc1ccc(C)c(C(C)NC(=O)C(c2ccccc2)N2CCS(=O)(=O)CC2)c1. The first-order chi connectivity index (χ1) is 13.3. The Morgan fingerprint density at radius 1 is 1.04 bits per heavy atom. The predicted molar refractivity (Wildman–Crippen MR) is 112 cm³/mol. The summed E-state index contributed by atoms with van der Waals surface area (Å²) in [5, 5.41) is 3.15. The third-order valence-corrected chi connectivity index (χ3v) is 6.98. The van der Waals surface area contributed by atoms with Crippen molar-refractivity contribution in [1.29, 1.82) is 0 Å². The molecule has 1 heterocycles. The maximum absolute atomic E-state index is 13.3.